The predicted molar refractivity (Wildman–Crippen MR) is 84.2 cm³/mol. The van der Waals surface area contributed by atoms with Crippen LogP contribution in [0, 0.1) is 5.92 Å². The highest BCUT2D eigenvalue weighted by Crippen LogP contribution is 2.39. The largest absolute Gasteiger partial charge is 0.257 e. The molecule has 0 saturated carbocycles. The Kier molecular flexibility index (Phi) is 4.16. The first kappa shape index (κ1) is 13.5. The lowest BCUT2D eigenvalue weighted by molar-refractivity contribution is 0.832. The summed E-state index contributed by atoms with van der Waals surface area (Å²) in [5.74, 6) is 0.813. The van der Waals surface area contributed by atoms with Crippen molar-refractivity contribution in [3.63, 3.8) is 0 Å². The molecule has 98 valence electrons. The van der Waals surface area contributed by atoms with E-state index in [2.05, 4.69) is 74.8 Å². The summed E-state index contributed by atoms with van der Waals surface area (Å²) in [6, 6.07) is 8.30. The van der Waals surface area contributed by atoms with Crippen LogP contribution in [-0.4, -0.2) is 5.71 Å². The second-order valence-corrected chi connectivity index (χ2v) is 5.31. The third kappa shape index (κ3) is 3.11. The third-order valence-corrected chi connectivity index (χ3v) is 3.25. The molecule has 0 fully saturated rings. The minimum absolute atomic E-state index is 0.236. The van der Waals surface area contributed by atoms with E-state index in [1.54, 1.807) is 0 Å². The standard InChI is InChI=1S/C18H21N/c1-13(2)9-5-6-10-14(3)18-15(4)19-17-12-8-7-11-16(17)18/h5-13,18H,3H2,1-2,4H3/b9-5-,10-6-. The van der Waals surface area contributed by atoms with Gasteiger partial charge in [0.1, 0.15) is 0 Å². The molecule has 2 rings (SSSR count). The number of nitrogens with zero attached hydrogens (tertiary/aromatic N) is 1. The van der Waals surface area contributed by atoms with Gasteiger partial charge in [0, 0.05) is 11.6 Å². The number of benzene rings is 1. The van der Waals surface area contributed by atoms with Crippen molar-refractivity contribution >= 4 is 11.4 Å². The van der Waals surface area contributed by atoms with Crippen LogP contribution in [0.25, 0.3) is 0 Å². The van der Waals surface area contributed by atoms with E-state index in [0.717, 1.165) is 17.0 Å². The monoisotopic (exact) mass is 251 g/mol. The molecule has 1 atom stereocenters. The number of aliphatic imine (C=N–C) groups is 1. The lowest BCUT2D eigenvalue weighted by atomic mass is 9.89. The summed E-state index contributed by atoms with van der Waals surface area (Å²) in [5.41, 5.74) is 4.57. The highest BCUT2D eigenvalue weighted by molar-refractivity contribution is 5.99. The van der Waals surface area contributed by atoms with Crippen molar-refractivity contribution in [2.45, 2.75) is 26.7 Å². The summed E-state index contributed by atoms with van der Waals surface area (Å²) in [5, 5.41) is 0. The van der Waals surface area contributed by atoms with Crippen LogP contribution in [0.3, 0.4) is 0 Å². The van der Waals surface area contributed by atoms with Crippen molar-refractivity contribution in [3.8, 4) is 0 Å². The summed E-state index contributed by atoms with van der Waals surface area (Å²) in [6.45, 7) is 10.6. The van der Waals surface area contributed by atoms with Gasteiger partial charge in [-0.05, 0) is 30.0 Å². The first-order valence-electron chi connectivity index (χ1n) is 6.77. The quantitative estimate of drug-likeness (QED) is 0.652. The van der Waals surface area contributed by atoms with Crippen LogP contribution in [0.5, 0.6) is 0 Å². The molecule has 0 aliphatic carbocycles. The lowest BCUT2D eigenvalue weighted by Gasteiger charge is -2.12. The smallest absolute Gasteiger partial charge is 0.0671 e. The number of fused-ring (bicyclic) bond motifs is 1. The van der Waals surface area contributed by atoms with Gasteiger partial charge in [-0.15, -0.1) is 0 Å². The summed E-state index contributed by atoms with van der Waals surface area (Å²) in [6.07, 6.45) is 8.41. The maximum Gasteiger partial charge on any atom is 0.0671 e. The first-order chi connectivity index (χ1) is 9.09. The average molecular weight is 251 g/mol. The van der Waals surface area contributed by atoms with Crippen molar-refractivity contribution in [3.05, 3.63) is 66.3 Å². The molecule has 0 radical (unpaired) electrons. The molecule has 1 nitrogen and oxygen atoms in total. The Labute approximate surface area is 116 Å². The molecule has 0 spiro atoms. The number of para-hydroxylation sites is 1. The maximum atomic E-state index is 4.61. The van der Waals surface area contributed by atoms with Crippen LogP contribution < -0.4 is 0 Å². The molecule has 1 aliphatic heterocycles. The molecule has 0 aromatic heterocycles. The van der Waals surface area contributed by atoms with Gasteiger partial charge in [-0.3, -0.25) is 4.99 Å². The third-order valence-electron chi connectivity index (χ3n) is 3.25. The average Bonchev–Trinajstić information content (AvgIpc) is 2.70. The van der Waals surface area contributed by atoms with Crippen LogP contribution in [0.2, 0.25) is 0 Å². The lowest BCUT2D eigenvalue weighted by Crippen LogP contribution is -2.05. The number of hydrogen-bond donors (Lipinski definition) is 0. The molecule has 1 aromatic rings. The number of hydrogen-bond acceptors (Lipinski definition) is 1. The van der Waals surface area contributed by atoms with Gasteiger partial charge >= 0.3 is 0 Å². The molecule has 0 N–H and O–H groups in total. The van der Waals surface area contributed by atoms with Gasteiger partial charge in [0.25, 0.3) is 0 Å². The molecule has 0 saturated heterocycles. The fraction of sp³-hybridized carbons (Fsp3) is 0.278. The zero-order chi connectivity index (χ0) is 13.8. The van der Waals surface area contributed by atoms with Crippen molar-refractivity contribution in [2.24, 2.45) is 10.9 Å². The van der Waals surface area contributed by atoms with E-state index in [0.29, 0.717) is 5.92 Å². The molecule has 0 amide bonds. The van der Waals surface area contributed by atoms with Crippen molar-refractivity contribution in [2.75, 3.05) is 0 Å². The van der Waals surface area contributed by atoms with Crippen LogP contribution in [0.1, 0.15) is 32.3 Å². The van der Waals surface area contributed by atoms with Gasteiger partial charge in [0.2, 0.25) is 0 Å². The van der Waals surface area contributed by atoms with Crippen LogP contribution in [0.15, 0.2) is 65.7 Å². The summed E-state index contributed by atoms with van der Waals surface area (Å²) < 4.78 is 0. The second-order valence-electron chi connectivity index (χ2n) is 5.31. The van der Waals surface area contributed by atoms with Crippen molar-refractivity contribution in [1.29, 1.82) is 0 Å². The zero-order valence-corrected chi connectivity index (χ0v) is 11.9. The van der Waals surface area contributed by atoms with E-state index in [1.165, 1.54) is 5.56 Å². The SMILES string of the molecule is C=C(/C=C\C=C/C(C)C)C1C(C)=Nc2ccccc21. The Bertz CT molecular complexity index is 559. The summed E-state index contributed by atoms with van der Waals surface area (Å²) >= 11 is 0. The molecular formula is C18H21N. The van der Waals surface area contributed by atoms with E-state index >= 15 is 0 Å². The van der Waals surface area contributed by atoms with E-state index < -0.39 is 0 Å². The molecule has 1 heteroatoms. The van der Waals surface area contributed by atoms with Gasteiger partial charge in [-0.25, -0.2) is 0 Å². The predicted octanol–water partition coefficient (Wildman–Crippen LogP) is 5.20. The normalized spacial score (nSPS) is 18.3. The number of rotatable bonds is 4. The second kappa shape index (κ2) is 5.83. The van der Waals surface area contributed by atoms with Gasteiger partial charge in [0.15, 0.2) is 0 Å². The highest BCUT2D eigenvalue weighted by Gasteiger charge is 2.24. The van der Waals surface area contributed by atoms with Crippen molar-refractivity contribution < 1.29 is 0 Å². The fourth-order valence-electron chi connectivity index (χ4n) is 2.34. The first-order valence-corrected chi connectivity index (χ1v) is 6.77. The maximum absolute atomic E-state index is 4.61. The Morgan fingerprint density at radius 2 is 2.00 bits per heavy atom. The van der Waals surface area contributed by atoms with Gasteiger partial charge in [-0.2, -0.15) is 0 Å². The Balaban J connectivity index is 2.15. The van der Waals surface area contributed by atoms with Gasteiger partial charge in [-0.1, -0.05) is 62.9 Å². The van der Waals surface area contributed by atoms with E-state index in [-0.39, 0.29) is 5.92 Å². The van der Waals surface area contributed by atoms with Crippen LogP contribution in [-0.2, 0) is 0 Å². The van der Waals surface area contributed by atoms with E-state index in [4.69, 9.17) is 0 Å². The zero-order valence-electron chi connectivity index (χ0n) is 11.9. The van der Waals surface area contributed by atoms with E-state index in [9.17, 15) is 0 Å². The van der Waals surface area contributed by atoms with Crippen LogP contribution in [0.4, 0.5) is 5.69 Å². The molecular weight excluding hydrogens is 230 g/mol. The molecule has 1 aliphatic rings. The molecule has 1 heterocycles. The van der Waals surface area contributed by atoms with Crippen molar-refractivity contribution in [1.82, 2.24) is 0 Å². The van der Waals surface area contributed by atoms with E-state index in [1.807, 2.05) is 6.07 Å². The number of allylic oxidation sites excluding steroid dienone is 5. The molecule has 19 heavy (non-hydrogen) atoms. The Morgan fingerprint density at radius 3 is 2.74 bits per heavy atom. The topological polar surface area (TPSA) is 12.4 Å². The minimum atomic E-state index is 0.236. The summed E-state index contributed by atoms with van der Waals surface area (Å²) in [4.78, 5) is 4.61. The molecule has 0 bridgehead atoms. The molecule has 1 unspecified atom stereocenters. The minimum Gasteiger partial charge on any atom is -0.257 e. The Hall–Kier alpha value is -1.89. The Morgan fingerprint density at radius 1 is 1.26 bits per heavy atom. The van der Waals surface area contributed by atoms with Crippen LogP contribution >= 0.6 is 0 Å². The van der Waals surface area contributed by atoms with Gasteiger partial charge in [0.05, 0.1) is 5.69 Å². The molecule has 1 aromatic carbocycles. The summed E-state index contributed by atoms with van der Waals surface area (Å²) in [7, 11) is 0. The highest BCUT2D eigenvalue weighted by atomic mass is 14.8. The van der Waals surface area contributed by atoms with Gasteiger partial charge < -0.3 is 0 Å². The fourth-order valence-corrected chi connectivity index (χ4v) is 2.34.